The number of hydrogen-bond donors (Lipinski definition) is 2. The van der Waals surface area contributed by atoms with E-state index in [0.717, 1.165) is 15.3 Å². The molecule has 96 valence electrons. The Balaban J connectivity index is 2.18. The molecule has 2 aromatic rings. The van der Waals surface area contributed by atoms with Crippen LogP contribution in [-0.2, 0) is 4.79 Å². The summed E-state index contributed by atoms with van der Waals surface area (Å²) in [6.45, 7) is 4.03. The van der Waals surface area contributed by atoms with Crippen LogP contribution in [0.15, 0.2) is 18.2 Å². The highest BCUT2D eigenvalue weighted by atomic mass is 35.5. The summed E-state index contributed by atoms with van der Waals surface area (Å²) in [5.41, 5.74) is 5.56. The van der Waals surface area contributed by atoms with Gasteiger partial charge in [0.2, 0.25) is 5.91 Å². The van der Waals surface area contributed by atoms with E-state index in [1.165, 1.54) is 11.3 Å². The van der Waals surface area contributed by atoms with Crippen molar-refractivity contribution in [3.05, 3.63) is 23.2 Å². The van der Waals surface area contributed by atoms with Gasteiger partial charge in [-0.15, -0.1) is 0 Å². The van der Waals surface area contributed by atoms with E-state index in [-0.39, 0.29) is 5.91 Å². The minimum Gasteiger partial charge on any atom is -0.369 e. The normalized spacial score (nSPS) is 11.7. The summed E-state index contributed by atoms with van der Waals surface area (Å²) in [7, 11) is 0. The number of primary amides is 1. The smallest absolute Gasteiger partial charge is 0.224 e. The number of carbonyl (C=O) groups is 1. The standard InChI is InChI=1S/C12H14ClN3OS/c1-12(2,10(14)17)6-15-11-16-8-5-3-4-7(13)9(8)18-11/h3-5H,6H2,1-2H3,(H2,14,17)(H,15,16). The fourth-order valence-electron chi connectivity index (χ4n) is 1.37. The molecule has 3 N–H and O–H groups in total. The zero-order valence-corrected chi connectivity index (χ0v) is 11.7. The van der Waals surface area contributed by atoms with Gasteiger partial charge in [0.1, 0.15) is 0 Å². The Kier molecular flexibility index (Phi) is 3.45. The number of nitrogens with zero attached hydrogens (tertiary/aromatic N) is 1. The molecule has 0 aliphatic heterocycles. The van der Waals surface area contributed by atoms with E-state index in [4.69, 9.17) is 17.3 Å². The molecule has 4 nitrogen and oxygen atoms in total. The van der Waals surface area contributed by atoms with Gasteiger partial charge < -0.3 is 11.1 Å². The van der Waals surface area contributed by atoms with Gasteiger partial charge in [-0.05, 0) is 26.0 Å². The van der Waals surface area contributed by atoms with Crippen molar-refractivity contribution in [3.63, 3.8) is 0 Å². The van der Waals surface area contributed by atoms with Crippen LogP contribution >= 0.6 is 22.9 Å². The lowest BCUT2D eigenvalue weighted by molar-refractivity contribution is -0.125. The first-order valence-electron chi connectivity index (χ1n) is 5.49. The van der Waals surface area contributed by atoms with Crippen LogP contribution in [0, 0.1) is 5.41 Å². The predicted octanol–water partition coefficient (Wildman–Crippen LogP) is 2.87. The van der Waals surface area contributed by atoms with Crippen molar-refractivity contribution in [1.29, 1.82) is 0 Å². The SMILES string of the molecule is CC(C)(CNc1nc2cccc(Cl)c2s1)C(N)=O. The number of hydrogen-bond acceptors (Lipinski definition) is 4. The lowest BCUT2D eigenvalue weighted by atomic mass is 9.93. The Morgan fingerprint density at radius 3 is 2.89 bits per heavy atom. The van der Waals surface area contributed by atoms with Gasteiger partial charge in [0.25, 0.3) is 0 Å². The van der Waals surface area contributed by atoms with Crippen molar-refractivity contribution in [2.45, 2.75) is 13.8 Å². The number of anilines is 1. The molecule has 0 spiro atoms. The Morgan fingerprint density at radius 2 is 2.28 bits per heavy atom. The molecule has 6 heteroatoms. The minimum atomic E-state index is -0.609. The van der Waals surface area contributed by atoms with E-state index >= 15 is 0 Å². The number of aromatic nitrogens is 1. The maximum atomic E-state index is 11.2. The molecule has 0 atom stereocenters. The summed E-state index contributed by atoms with van der Waals surface area (Å²) in [4.78, 5) is 15.6. The van der Waals surface area contributed by atoms with Crippen LogP contribution in [0.3, 0.4) is 0 Å². The molecule has 0 aliphatic carbocycles. The van der Waals surface area contributed by atoms with Crippen LogP contribution in [0.25, 0.3) is 10.2 Å². The average molecular weight is 284 g/mol. The van der Waals surface area contributed by atoms with E-state index in [1.54, 1.807) is 13.8 Å². The number of nitrogens with one attached hydrogen (secondary N) is 1. The van der Waals surface area contributed by atoms with Crippen molar-refractivity contribution >= 4 is 44.2 Å². The van der Waals surface area contributed by atoms with Crippen molar-refractivity contribution in [2.75, 3.05) is 11.9 Å². The molecule has 1 amide bonds. The monoisotopic (exact) mass is 283 g/mol. The zero-order valence-electron chi connectivity index (χ0n) is 10.2. The van der Waals surface area contributed by atoms with E-state index in [1.807, 2.05) is 18.2 Å². The Morgan fingerprint density at radius 1 is 1.56 bits per heavy atom. The maximum absolute atomic E-state index is 11.2. The van der Waals surface area contributed by atoms with Gasteiger partial charge in [-0.25, -0.2) is 4.98 Å². The molecule has 0 saturated heterocycles. The highest BCUT2D eigenvalue weighted by Crippen LogP contribution is 2.32. The van der Waals surface area contributed by atoms with Gasteiger partial charge in [-0.2, -0.15) is 0 Å². The number of halogens is 1. The first-order valence-corrected chi connectivity index (χ1v) is 6.68. The maximum Gasteiger partial charge on any atom is 0.224 e. The molecule has 18 heavy (non-hydrogen) atoms. The Hall–Kier alpha value is -1.33. The van der Waals surface area contributed by atoms with Crippen LogP contribution in [0.4, 0.5) is 5.13 Å². The number of rotatable bonds is 4. The quantitative estimate of drug-likeness (QED) is 0.906. The molecule has 1 aromatic heterocycles. The van der Waals surface area contributed by atoms with Crippen LogP contribution in [0.5, 0.6) is 0 Å². The van der Waals surface area contributed by atoms with Crippen molar-refractivity contribution in [2.24, 2.45) is 11.1 Å². The lowest BCUT2D eigenvalue weighted by Gasteiger charge is -2.20. The number of fused-ring (bicyclic) bond motifs is 1. The minimum absolute atomic E-state index is 0.339. The summed E-state index contributed by atoms with van der Waals surface area (Å²) >= 11 is 7.55. The van der Waals surface area contributed by atoms with Crippen molar-refractivity contribution in [1.82, 2.24) is 4.98 Å². The van der Waals surface area contributed by atoms with E-state index in [2.05, 4.69) is 10.3 Å². The molecular weight excluding hydrogens is 270 g/mol. The topological polar surface area (TPSA) is 68.0 Å². The third kappa shape index (κ3) is 2.57. The molecule has 0 unspecified atom stereocenters. The second-order valence-electron chi connectivity index (χ2n) is 4.71. The van der Waals surface area contributed by atoms with Crippen molar-refractivity contribution in [3.8, 4) is 0 Å². The Labute approximate surface area is 114 Å². The highest BCUT2D eigenvalue weighted by molar-refractivity contribution is 7.22. The number of amides is 1. The molecule has 0 fully saturated rings. The summed E-state index contributed by atoms with van der Waals surface area (Å²) in [5, 5.41) is 4.56. The number of nitrogens with two attached hydrogens (primary N) is 1. The van der Waals surface area contributed by atoms with Crippen LogP contribution in [-0.4, -0.2) is 17.4 Å². The predicted molar refractivity (Wildman–Crippen MR) is 76.1 cm³/mol. The van der Waals surface area contributed by atoms with Gasteiger partial charge in [0.15, 0.2) is 5.13 Å². The summed E-state index contributed by atoms with van der Waals surface area (Å²) < 4.78 is 0.943. The van der Waals surface area contributed by atoms with Crippen LogP contribution in [0.1, 0.15) is 13.8 Å². The van der Waals surface area contributed by atoms with Gasteiger partial charge in [0, 0.05) is 6.54 Å². The highest BCUT2D eigenvalue weighted by Gasteiger charge is 2.25. The molecule has 2 rings (SSSR count). The second-order valence-corrected chi connectivity index (χ2v) is 6.12. The second kappa shape index (κ2) is 4.74. The summed E-state index contributed by atoms with van der Waals surface area (Å²) in [6, 6.07) is 5.60. The molecule has 0 radical (unpaired) electrons. The number of benzene rings is 1. The molecule has 0 bridgehead atoms. The van der Waals surface area contributed by atoms with Crippen LogP contribution in [0.2, 0.25) is 5.02 Å². The van der Waals surface area contributed by atoms with Gasteiger partial charge in [0.05, 0.1) is 20.7 Å². The molecule has 1 aromatic carbocycles. The third-order valence-electron chi connectivity index (χ3n) is 2.72. The lowest BCUT2D eigenvalue weighted by Crippen LogP contribution is -2.37. The first kappa shape index (κ1) is 13.1. The molecule has 0 aliphatic rings. The number of thiazole rings is 1. The molecule has 1 heterocycles. The van der Waals surface area contributed by atoms with Gasteiger partial charge in [-0.3, -0.25) is 4.79 Å². The third-order valence-corrected chi connectivity index (χ3v) is 4.20. The van der Waals surface area contributed by atoms with Gasteiger partial charge >= 0.3 is 0 Å². The van der Waals surface area contributed by atoms with Gasteiger partial charge in [-0.1, -0.05) is 29.0 Å². The fraction of sp³-hybridized carbons (Fsp3) is 0.333. The van der Waals surface area contributed by atoms with E-state index in [9.17, 15) is 4.79 Å². The van der Waals surface area contributed by atoms with E-state index < -0.39 is 5.41 Å². The van der Waals surface area contributed by atoms with Crippen LogP contribution < -0.4 is 11.1 Å². The zero-order chi connectivity index (χ0) is 13.3. The number of carbonyl (C=O) groups excluding carboxylic acids is 1. The average Bonchev–Trinajstić information content (AvgIpc) is 2.71. The van der Waals surface area contributed by atoms with E-state index in [0.29, 0.717) is 11.6 Å². The first-order chi connectivity index (χ1) is 8.40. The largest absolute Gasteiger partial charge is 0.369 e. The molecular formula is C12H14ClN3OS. The summed E-state index contributed by atoms with van der Waals surface area (Å²) in [5.74, 6) is -0.339. The van der Waals surface area contributed by atoms with Crippen molar-refractivity contribution < 1.29 is 4.79 Å². The Bertz CT molecular complexity index is 594. The fourth-order valence-corrected chi connectivity index (χ4v) is 2.53. The molecule has 0 saturated carbocycles. The summed E-state index contributed by atoms with van der Waals surface area (Å²) in [6.07, 6.45) is 0.